The molecular weight excluding hydrogens is 314 g/mol. The molecule has 0 saturated carbocycles. The number of hydrogen-bond donors (Lipinski definition) is 2. The topological polar surface area (TPSA) is 75.4 Å². The Morgan fingerprint density at radius 1 is 1.17 bits per heavy atom. The van der Waals surface area contributed by atoms with Gasteiger partial charge >= 0.3 is 0 Å². The summed E-state index contributed by atoms with van der Waals surface area (Å²) in [5, 5.41) is 2.76. The van der Waals surface area contributed by atoms with E-state index in [4.69, 9.17) is 5.73 Å². The first-order valence-corrected chi connectivity index (χ1v) is 7.10. The van der Waals surface area contributed by atoms with E-state index in [1.807, 2.05) is 31.2 Å². The highest BCUT2D eigenvalue weighted by molar-refractivity contribution is 6.11. The lowest BCUT2D eigenvalue weighted by Crippen LogP contribution is -2.45. The summed E-state index contributed by atoms with van der Waals surface area (Å²) in [7, 11) is 0. The van der Waals surface area contributed by atoms with Crippen LogP contribution in [0.3, 0.4) is 0 Å². The molecule has 0 bridgehead atoms. The summed E-state index contributed by atoms with van der Waals surface area (Å²) >= 11 is 0. The number of fused-ring (bicyclic) bond motifs is 1. The molecule has 6 heteroatoms. The molecule has 0 radical (unpaired) electrons. The quantitative estimate of drug-likeness (QED) is 0.842. The first-order chi connectivity index (χ1) is 10.6. The van der Waals surface area contributed by atoms with Crippen LogP contribution in [0.15, 0.2) is 48.5 Å². The normalized spacial score (nSPS) is 16.7. The molecule has 0 fully saturated rings. The Hall–Kier alpha value is -2.37. The van der Waals surface area contributed by atoms with E-state index < -0.39 is 6.04 Å². The van der Waals surface area contributed by atoms with E-state index in [1.54, 1.807) is 29.2 Å². The first-order valence-electron chi connectivity index (χ1n) is 7.10. The predicted molar refractivity (Wildman–Crippen MR) is 93.2 cm³/mol. The molecule has 2 aromatic rings. The van der Waals surface area contributed by atoms with Gasteiger partial charge in [-0.25, -0.2) is 0 Å². The van der Waals surface area contributed by atoms with Crippen molar-refractivity contribution in [3.05, 3.63) is 59.7 Å². The molecule has 3 rings (SSSR count). The highest BCUT2D eigenvalue weighted by Gasteiger charge is 2.29. The number of halogens is 1. The van der Waals surface area contributed by atoms with Crippen molar-refractivity contribution in [1.29, 1.82) is 0 Å². The summed E-state index contributed by atoms with van der Waals surface area (Å²) in [4.78, 5) is 26.3. The average molecular weight is 332 g/mol. The number of carbonyl (C=O) groups excluding carboxylic acids is 2. The third-order valence-electron chi connectivity index (χ3n) is 3.71. The standard InChI is InChI=1S/C17H17N3O2.ClH/c1-11-6-8-12(9-7-11)17(22)20-10-13(18)16(21)19-14-4-2-3-5-15(14)20;/h2-9,13H,10,18H2,1H3,(H,19,21);1H/t13-;/m0./s1. The lowest BCUT2D eigenvalue weighted by atomic mass is 10.1. The Labute approximate surface area is 140 Å². The Morgan fingerprint density at radius 3 is 2.52 bits per heavy atom. The van der Waals surface area contributed by atoms with Crippen LogP contribution in [0.2, 0.25) is 0 Å². The van der Waals surface area contributed by atoms with Crippen LogP contribution in [0.5, 0.6) is 0 Å². The molecule has 0 saturated heterocycles. The van der Waals surface area contributed by atoms with Gasteiger partial charge in [0.1, 0.15) is 6.04 Å². The molecule has 0 aliphatic carbocycles. The lowest BCUT2D eigenvalue weighted by Gasteiger charge is -2.23. The zero-order valence-corrected chi connectivity index (χ0v) is 13.5. The Bertz CT molecular complexity index is 731. The Kier molecular flexibility index (Phi) is 5.03. The fourth-order valence-corrected chi connectivity index (χ4v) is 2.46. The second-order valence-electron chi connectivity index (χ2n) is 5.39. The number of nitrogens with zero attached hydrogens (tertiary/aromatic N) is 1. The second-order valence-corrected chi connectivity index (χ2v) is 5.39. The van der Waals surface area contributed by atoms with Crippen LogP contribution in [0.25, 0.3) is 0 Å². The fourth-order valence-electron chi connectivity index (χ4n) is 2.46. The number of rotatable bonds is 1. The van der Waals surface area contributed by atoms with Gasteiger partial charge in [-0.3, -0.25) is 9.59 Å². The summed E-state index contributed by atoms with van der Waals surface area (Å²) in [5.41, 5.74) is 8.80. The summed E-state index contributed by atoms with van der Waals surface area (Å²) < 4.78 is 0. The third-order valence-corrected chi connectivity index (χ3v) is 3.71. The number of carbonyl (C=O) groups is 2. The van der Waals surface area contributed by atoms with Crippen molar-refractivity contribution in [2.24, 2.45) is 5.73 Å². The van der Waals surface area contributed by atoms with E-state index in [9.17, 15) is 9.59 Å². The maximum atomic E-state index is 12.8. The monoisotopic (exact) mass is 331 g/mol. The molecule has 0 spiro atoms. The van der Waals surface area contributed by atoms with E-state index in [0.717, 1.165) is 5.56 Å². The van der Waals surface area contributed by atoms with E-state index in [-0.39, 0.29) is 30.8 Å². The van der Waals surface area contributed by atoms with Gasteiger partial charge in [0.15, 0.2) is 0 Å². The van der Waals surface area contributed by atoms with Crippen molar-refractivity contribution >= 4 is 35.6 Å². The molecule has 2 amide bonds. The number of anilines is 2. The van der Waals surface area contributed by atoms with Crippen LogP contribution in [-0.4, -0.2) is 24.4 Å². The molecule has 0 unspecified atom stereocenters. The van der Waals surface area contributed by atoms with Gasteiger partial charge in [-0.15, -0.1) is 12.4 Å². The van der Waals surface area contributed by atoms with Crippen LogP contribution >= 0.6 is 12.4 Å². The van der Waals surface area contributed by atoms with E-state index in [2.05, 4.69) is 5.32 Å². The number of nitrogens with two attached hydrogens (primary N) is 1. The van der Waals surface area contributed by atoms with Gasteiger partial charge < -0.3 is 16.0 Å². The summed E-state index contributed by atoms with van der Waals surface area (Å²) in [5.74, 6) is -0.453. The number of nitrogens with one attached hydrogen (secondary N) is 1. The van der Waals surface area contributed by atoms with Crippen molar-refractivity contribution in [2.75, 3.05) is 16.8 Å². The fraction of sp³-hybridized carbons (Fsp3) is 0.176. The minimum atomic E-state index is -0.762. The Morgan fingerprint density at radius 2 is 1.83 bits per heavy atom. The molecule has 0 aromatic heterocycles. The number of benzene rings is 2. The van der Waals surface area contributed by atoms with E-state index in [0.29, 0.717) is 16.9 Å². The van der Waals surface area contributed by atoms with Crippen molar-refractivity contribution < 1.29 is 9.59 Å². The molecule has 1 aliphatic rings. The molecule has 5 nitrogen and oxygen atoms in total. The van der Waals surface area contributed by atoms with Crippen molar-refractivity contribution in [3.8, 4) is 0 Å². The number of para-hydroxylation sites is 2. The molecule has 2 aromatic carbocycles. The van der Waals surface area contributed by atoms with Gasteiger partial charge in [-0.1, -0.05) is 29.8 Å². The summed E-state index contributed by atoms with van der Waals surface area (Å²) in [6, 6.07) is 13.8. The highest BCUT2D eigenvalue weighted by Crippen LogP contribution is 2.29. The molecule has 1 atom stereocenters. The first kappa shape index (κ1) is 17.0. The van der Waals surface area contributed by atoms with Crippen molar-refractivity contribution in [1.82, 2.24) is 0 Å². The largest absolute Gasteiger partial charge is 0.323 e. The zero-order valence-electron chi connectivity index (χ0n) is 12.7. The van der Waals surface area contributed by atoms with Crippen molar-refractivity contribution in [3.63, 3.8) is 0 Å². The zero-order chi connectivity index (χ0) is 15.7. The van der Waals surface area contributed by atoms with Gasteiger partial charge in [0, 0.05) is 5.56 Å². The smallest absolute Gasteiger partial charge is 0.258 e. The maximum absolute atomic E-state index is 12.8. The van der Waals surface area contributed by atoms with Gasteiger partial charge in [0.2, 0.25) is 5.91 Å². The lowest BCUT2D eigenvalue weighted by molar-refractivity contribution is -0.117. The molecule has 1 aliphatic heterocycles. The van der Waals surface area contributed by atoms with E-state index in [1.165, 1.54) is 0 Å². The summed E-state index contributed by atoms with van der Waals surface area (Å²) in [6.45, 7) is 2.11. The van der Waals surface area contributed by atoms with Crippen LogP contribution in [-0.2, 0) is 4.79 Å². The van der Waals surface area contributed by atoms with Crippen LogP contribution < -0.4 is 16.0 Å². The van der Waals surface area contributed by atoms with Crippen LogP contribution in [0, 0.1) is 6.92 Å². The molecule has 1 heterocycles. The molecule has 23 heavy (non-hydrogen) atoms. The predicted octanol–water partition coefficient (Wildman–Crippen LogP) is 2.34. The molecule has 3 N–H and O–H groups in total. The van der Waals surface area contributed by atoms with Gasteiger partial charge in [0.05, 0.1) is 17.9 Å². The third kappa shape index (κ3) is 3.36. The average Bonchev–Trinajstić information content (AvgIpc) is 2.65. The van der Waals surface area contributed by atoms with Gasteiger partial charge in [0.25, 0.3) is 5.91 Å². The molecule has 120 valence electrons. The number of hydrogen-bond acceptors (Lipinski definition) is 3. The Balaban J connectivity index is 0.00000192. The minimum absolute atomic E-state index is 0. The number of amides is 2. The van der Waals surface area contributed by atoms with Crippen molar-refractivity contribution in [2.45, 2.75) is 13.0 Å². The van der Waals surface area contributed by atoms with E-state index >= 15 is 0 Å². The summed E-state index contributed by atoms with van der Waals surface area (Å²) in [6.07, 6.45) is 0. The van der Waals surface area contributed by atoms with Gasteiger partial charge in [-0.2, -0.15) is 0 Å². The highest BCUT2D eigenvalue weighted by atomic mass is 35.5. The van der Waals surface area contributed by atoms with Gasteiger partial charge in [-0.05, 0) is 31.2 Å². The van der Waals surface area contributed by atoms with Crippen LogP contribution in [0.4, 0.5) is 11.4 Å². The second kappa shape index (κ2) is 6.81. The SMILES string of the molecule is Cc1ccc(C(=O)N2C[C@H](N)C(=O)Nc3ccccc32)cc1.Cl. The maximum Gasteiger partial charge on any atom is 0.258 e. The van der Waals surface area contributed by atoms with Crippen LogP contribution in [0.1, 0.15) is 15.9 Å². The molecular formula is C17H18ClN3O2. The number of aryl methyl sites for hydroxylation is 1. The minimum Gasteiger partial charge on any atom is -0.323 e.